The molecule has 8 heteroatoms. The third kappa shape index (κ3) is 5.33. The van der Waals surface area contributed by atoms with E-state index in [1.807, 2.05) is 0 Å². The van der Waals surface area contributed by atoms with Crippen molar-refractivity contribution in [1.82, 2.24) is 5.32 Å². The first-order valence-electron chi connectivity index (χ1n) is 6.96. The fourth-order valence-electron chi connectivity index (χ4n) is 2.14. The summed E-state index contributed by atoms with van der Waals surface area (Å²) in [5.41, 5.74) is 0. The number of amides is 1. The first kappa shape index (κ1) is 18.0. The van der Waals surface area contributed by atoms with Gasteiger partial charge in [0.05, 0.1) is 6.61 Å². The molecule has 0 spiro atoms. The van der Waals surface area contributed by atoms with E-state index in [9.17, 15) is 19.8 Å². The van der Waals surface area contributed by atoms with Crippen molar-refractivity contribution in [3.05, 3.63) is 0 Å². The molecule has 0 saturated carbocycles. The van der Waals surface area contributed by atoms with E-state index in [1.165, 1.54) is 6.92 Å². The molecular weight excluding hydrogens is 282 g/mol. The molecule has 5 atom stereocenters. The summed E-state index contributed by atoms with van der Waals surface area (Å²) in [6, 6.07) is -0.925. The monoisotopic (exact) mass is 305 g/mol. The Morgan fingerprint density at radius 2 is 2.05 bits per heavy atom. The molecule has 1 heterocycles. The highest BCUT2D eigenvalue weighted by atomic mass is 16.7. The van der Waals surface area contributed by atoms with Gasteiger partial charge in [0.15, 0.2) is 6.29 Å². The Balaban J connectivity index is 2.60. The lowest BCUT2D eigenvalue weighted by Crippen LogP contribution is -2.64. The van der Waals surface area contributed by atoms with Crippen LogP contribution in [-0.2, 0) is 19.1 Å². The minimum absolute atomic E-state index is 0.273. The topological polar surface area (TPSA) is 125 Å². The van der Waals surface area contributed by atoms with Crippen LogP contribution in [0.1, 0.15) is 26.2 Å². The lowest BCUT2D eigenvalue weighted by atomic mass is 9.97. The van der Waals surface area contributed by atoms with Crippen molar-refractivity contribution in [1.29, 1.82) is 0 Å². The number of aldehydes is 1. The maximum atomic E-state index is 11.2. The molecule has 0 aliphatic carbocycles. The summed E-state index contributed by atoms with van der Waals surface area (Å²) in [7, 11) is 0. The number of hydrogen-bond donors (Lipinski definition) is 4. The van der Waals surface area contributed by atoms with Crippen LogP contribution in [0.3, 0.4) is 0 Å². The van der Waals surface area contributed by atoms with Crippen LogP contribution in [0.15, 0.2) is 0 Å². The zero-order valence-corrected chi connectivity index (χ0v) is 12.0. The van der Waals surface area contributed by atoms with E-state index < -0.39 is 43.2 Å². The number of nitrogens with one attached hydrogen (secondary N) is 1. The fraction of sp³-hybridized carbons (Fsp3) is 0.846. The van der Waals surface area contributed by atoms with Crippen LogP contribution in [0.25, 0.3) is 0 Å². The van der Waals surface area contributed by atoms with Gasteiger partial charge in [-0.3, -0.25) is 4.79 Å². The van der Waals surface area contributed by atoms with Crippen molar-refractivity contribution in [2.75, 3.05) is 13.2 Å². The average molecular weight is 305 g/mol. The second-order valence-electron chi connectivity index (χ2n) is 4.97. The van der Waals surface area contributed by atoms with Crippen molar-refractivity contribution >= 4 is 12.2 Å². The number of unbranched alkanes of at least 4 members (excludes halogenated alkanes) is 2. The molecule has 1 fully saturated rings. The van der Waals surface area contributed by atoms with Crippen LogP contribution >= 0.6 is 0 Å². The Morgan fingerprint density at radius 1 is 1.33 bits per heavy atom. The van der Waals surface area contributed by atoms with Crippen molar-refractivity contribution in [3.8, 4) is 0 Å². The van der Waals surface area contributed by atoms with Gasteiger partial charge in [-0.1, -0.05) is 0 Å². The lowest BCUT2D eigenvalue weighted by molar-refractivity contribution is -0.270. The molecule has 1 amide bonds. The van der Waals surface area contributed by atoms with E-state index in [2.05, 4.69) is 5.32 Å². The summed E-state index contributed by atoms with van der Waals surface area (Å²) in [5, 5.41) is 31.4. The van der Waals surface area contributed by atoms with Crippen LogP contribution in [0.5, 0.6) is 0 Å². The number of carbonyl (C=O) groups is 2. The Hall–Kier alpha value is -1.06. The van der Waals surface area contributed by atoms with Crippen LogP contribution in [-0.4, -0.2) is 71.4 Å². The van der Waals surface area contributed by atoms with Gasteiger partial charge < -0.3 is 34.9 Å². The maximum Gasteiger partial charge on any atom is 0.217 e. The van der Waals surface area contributed by atoms with Gasteiger partial charge in [-0.15, -0.1) is 0 Å². The molecule has 0 bridgehead atoms. The molecule has 0 aromatic carbocycles. The van der Waals surface area contributed by atoms with E-state index in [4.69, 9.17) is 14.6 Å². The molecule has 0 aromatic heterocycles. The van der Waals surface area contributed by atoms with E-state index in [0.717, 1.165) is 6.29 Å². The predicted molar refractivity (Wildman–Crippen MR) is 71.2 cm³/mol. The SMILES string of the molecule is CC(=O)N[C@H]1[C@H](OCCCCC=O)O[C@H](CO)[C@H](O)[C@@H]1O. The standard InChI is InChI=1S/C13H23NO7/c1-8(17)14-10-12(19)11(18)9(7-16)21-13(10)20-6-4-2-3-5-15/h5,9-13,16,18-19H,2-4,6-7H2,1H3,(H,14,17)/t9-,10-,11+,12-,13-/m1/s1. The molecule has 4 N–H and O–H groups in total. The first-order valence-corrected chi connectivity index (χ1v) is 6.96. The van der Waals surface area contributed by atoms with Crippen molar-refractivity contribution in [2.24, 2.45) is 0 Å². The quantitative estimate of drug-likeness (QED) is 0.311. The van der Waals surface area contributed by atoms with E-state index >= 15 is 0 Å². The third-order valence-corrected chi connectivity index (χ3v) is 3.25. The molecule has 0 radical (unpaired) electrons. The predicted octanol–water partition coefficient (Wildman–Crippen LogP) is -1.68. The number of carbonyl (C=O) groups excluding carboxylic acids is 2. The molecule has 0 unspecified atom stereocenters. The van der Waals surface area contributed by atoms with E-state index in [0.29, 0.717) is 19.3 Å². The lowest BCUT2D eigenvalue weighted by Gasteiger charge is -2.42. The maximum absolute atomic E-state index is 11.2. The zero-order chi connectivity index (χ0) is 15.8. The Morgan fingerprint density at radius 3 is 2.62 bits per heavy atom. The zero-order valence-electron chi connectivity index (χ0n) is 12.0. The number of aliphatic hydroxyl groups excluding tert-OH is 3. The summed E-state index contributed by atoms with van der Waals surface area (Å²) in [6.45, 7) is 1.07. The van der Waals surface area contributed by atoms with Crippen LogP contribution < -0.4 is 5.32 Å². The summed E-state index contributed by atoms with van der Waals surface area (Å²) < 4.78 is 10.8. The Kier molecular flexibility index (Phi) is 7.76. The normalized spacial score (nSPS) is 32.7. The summed E-state index contributed by atoms with van der Waals surface area (Å²) in [4.78, 5) is 21.4. The minimum Gasteiger partial charge on any atom is -0.394 e. The van der Waals surface area contributed by atoms with Gasteiger partial charge in [-0.05, 0) is 12.8 Å². The van der Waals surface area contributed by atoms with Gasteiger partial charge in [-0.25, -0.2) is 0 Å². The summed E-state index contributed by atoms with van der Waals surface area (Å²) in [5.74, 6) is -0.396. The number of rotatable bonds is 8. The van der Waals surface area contributed by atoms with Crippen molar-refractivity contribution < 1.29 is 34.4 Å². The molecule has 1 aliphatic rings. The molecule has 1 aliphatic heterocycles. The number of ether oxygens (including phenoxy) is 2. The highest BCUT2D eigenvalue weighted by Gasteiger charge is 2.45. The molecule has 8 nitrogen and oxygen atoms in total. The Bertz CT molecular complexity index is 338. The molecule has 0 aromatic rings. The van der Waals surface area contributed by atoms with Gasteiger partial charge in [0.25, 0.3) is 0 Å². The first-order chi connectivity index (χ1) is 10.0. The number of aliphatic hydroxyl groups is 3. The average Bonchev–Trinajstić information content (AvgIpc) is 2.45. The number of hydrogen-bond acceptors (Lipinski definition) is 7. The largest absolute Gasteiger partial charge is 0.394 e. The van der Waals surface area contributed by atoms with Crippen molar-refractivity contribution in [2.45, 2.75) is 56.8 Å². The third-order valence-electron chi connectivity index (χ3n) is 3.25. The van der Waals surface area contributed by atoms with Gasteiger partial charge in [-0.2, -0.15) is 0 Å². The minimum atomic E-state index is -1.32. The second kappa shape index (κ2) is 9.06. The van der Waals surface area contributed by atoms with Crippen LogP contribution in [0.2, 0.25) is 0 Å². The van der Waals surface area contributed by atoms with E-state index in [1.54, 1.807) is 0 Å². The van der Waals surface area contributed by atoms with Gasteiger partial charge in [0, 0.05) is 20.0 Å². The summed E-state index contributed by atoms with van der Waals surface area (Å²) >= 11 is 0. The highest BCUT2D eigenvalue weighted by molar-refractivity contribution is 5.73. The summed E-state index contributed by atoms with van der Waals surface area (Å²) in [6.07, 6.45) is -2.04. The smallest absolute Gasteiger partial charge is 0.217 e. The fourth-order valence-corrected chi connectivity index (χ4v) is 2.14. The van der Waals surface area contributed by atoms with Crippen molar-refractivity contribution in [3.63, 3.8) is 0 Å². The van der Waals surface area contributed by atoms with Crippen LogP contribution in [0, 0.1) is 0 Å². The van der Waals surface area contributed by atoms with Crippen LogP contribution in [0.4, 0.5) is 0 Å². The molecule has 1 saturated heterocycles. The van der Waals surface area contributed by atoms with Gasteiger partial charge >= 0.3 is 0 Å². The molecule has 1 rings (SSSR count). The second-order valence-corrected chi connectivity index (χ2v) is 4.97. The molecule has 21 heavy (non-hydrogen) atoms. The molecular formula is C13H23NO7. The van der Waals surface area contributed by atoms with Gasteiger partial charge in [0.1, 0.15) is 30.6 Å². The van der Waals surface area contributed by atoms with E-state index in [-0.39, 0.29) is 6.61 Å². The van der Waals surface area contributed by atoms with Gasteiger partial charge in [0.2, 0.25) is 5.91 Å². The highest BCUT2D eigenvalue weighted by Crippen LogP contribution is 2.22. The molecule has 122 valence electrons. The Labute approximate surface area is 123 Å².